The van der Waals surface area contributed by atoms with Crippen LogP contribution in [0.3, 0.4) is 0 Å². The summed E-state index contributed by atoms with van der Waals surface area (Å²) in [7, 11) is 0. The molecule has 0 saturated carbocycles. The Morgan fingerprint density at radius 2 is 1.68 bits per heavy atom. The van der Waals surface area contributed by atoms with E-state index >= 15 is 0 Å². The Kier molecular flexibility index (Phi) is 8.47. The van der Waals surface area contributed by atoms with E-state index in [1.165, 1.54) is 0 Å². The number of amidine groups is 1. The molecule has 0 bridgehead atoms. The highest BCUT2D eigenvalue weighted by molar-refractivity contribution is 14.1. The van der Waals surface area contributed by atoms with Crippen LogP contribution < -0.4 is 5.32 Å². The molecule has 0 unspecified atom stereocenters. The standard InChI is InChI=1S/C26H24Cl2IN3O2/c27-19-6-2-17(3-7-19)12-14-32-24(18-4-8-20(28)9-5-18)25(30-13-1-15-33)31-23-11-10-21(29)16-22(23)26(32)34/h2-11,16,24,33H,1,12-15H2,(H,30,31)/t24-/m0/s1. The lowest BCUT2D eigenvalue weighted by Gasteiger charge is -2.31. The summed E-state index contributed by atoms with van der Waals surface area (Å²) in [6.45, 7) is 0.984. The summed E-state index contributed by atoms with van der Waals surface area (Å²) < 4.78 is 0.980. The number of nitrogens with zero attached hydrogens (tertiary/aromatic N) is 2. The van der Waals surface area contributed by atoms with Crippen molar-refractivity contribution in [2.45, 2.75) is 18.9 Å². The van der Waals surface area contributed by atoms with Gasteiger partial charge in [0.2, 0.25) is 0 Å². The maximum absolute atomic E-state index is 13.9. The number of hydrogen-bond acceptors (Lipinski definition) is 3. The van der Waals surface area contributed by atoms with Crippen LogP contribution in [0.2, 0.25) is 10.0 Å². The first-order valence-corrected chi connectivity index (χ1v) is 12.8. The van der Waals surface area contributed by atoms with Crippen molar-refractivity contribution >= 4 is 63.2 Å². The van der Waals surface area contributed by atoms with E-state index in [-0.39, 0.29) is 12.5 Å². The number of aliphatic imine (C=N–C) groups is 1. The Labute approximate surface area is 222 Å². The number of hydrogen-bond donors (Lipinski definition) is 2. The third-order valence-corrected chi connectivity index (χ3v) is 6.82. The van der Waals surface area contributed by atoms with Crippen LogP contribution in [-0.2, 0) is 6.42 Å². The van der Waals surface area contributed by atoms with E-state index in [1.807, 2.05) is 71.6 Å². The maximum atomic E-state index is 13.9. The molecule has 0 aliphatic carbocycles. The molecule has 1 heterocycles. The van der Waals surface area contributed by atoms with Gasteiger partial charge in [0, 0.05) is 33.3 Å². The summed E-state index contributed by atoms with van der Waals surface area (Å²) in [6.07, 6.45) is 1.20. The highest BCUT2D eigenvalue weighted by Gasteiger charge is 2.35. The van der Waals surface area contributed by atoms with Crippen molar-refractivity contribution < 1.29 is 9.90 Å². The van der Waals surface area contributed by atoms with Crippen molar-refractivity contribution in [2.75, 3.05) is 25.0 Å². The molecule has 0 aromatic heterocycles. The monoisotopic (exact) mass is 607 g/mol. The van der Waals surface area contributed by atoms with Crippen molar-refractivity contribution in [1.82, 2.24) is 4.90 Å². The third kappa shape index (κ3) is 5.92. The van der Waals surface area contributed by atoms with Gasteiger partial charge in [-0.3, -0.25) is 9.79 Å². The number of benzene rings is 3. The summed E-state index contributed by atoms with van der Waals surface area (Å²) in [5.74, 6) is 0.600. The number of amides is 1. The normalized spacial score (nSPS) is 16.8. The predicted molar refractivity (Wildman–Crippen MR) is 147 cm³/mol. The predicted octanol–water partition coefficient (Wildman–Crippen LogP) is 6.23. The summed E-state index contributed by atoms with van der Waals surface area (Å²) in [4.78, 5) is 20.6. The minimum absolute atomic E-state index is 0.0520. The lowest BCUT2D eigenvalue weighted by atomic mass is 10.0. The molecular formula is C26H24Cl2IN3O2. The molecule has 0 fully saturated rings. The molecule has 1 atom stereocenters. The lowest BCUT2D eigenvalue weighted by Crippen LogP contribution is -2.40. The average molecular weight is 608 g/mol. The lowest BCUT2D eigenvalue weighted by molar-refractivity contribution is 0.0729. The number of nitrogens with one attached hydrogen (secondary N) is 1. The zero-order chi connectivity index (χ0) is 24.1. The zero-order valence-corrected chi connectivity index (χ0v) is 22.0. The van der Waals surface area contributed by atoms with Crippen molar-refractivity contribution in [1.29, 1.82) is 0 Å². The van der Waals surface area contributed by atoms with Crippen LogP contribution in [0.4, 0.5) is 5.69 Å². The molecule has 1 aliphatic rings. The number of anilines is 1. The molecular weight excluding hydrogens is 584 g/mol. The van der Waals surface area contributed by atoms with Crippen LogP contribution >= 0.6 is 45.8 Å². The topological polar surface area (TPSA) is 64.9 Å². The number of aliphatic hydroxyl groups excluding tert-OH is 1. The summed E-state index contributed by atoms with van der Waals surface area (Å²) in [6, 6.07) is 20.5. The molecule has 176 valence electrons. The van der Waals surface area contributed by atoms with Gasteiger partial charge in [-0.05, 0) is 89.0 Å². The first kappa shape index (κ1) is 25.0. The first-order valence-electron chi connectivity index (χ1n) is 11.0. The molecule has 1 amide bonds. The Morgan fingerprint density at radius 1 is 1.00 bits per heavy atom. The van der Waals surface area contributed by atoms with Crippen LogP contribution in [0, 0.1) is 3.57 Å². The molecule has 2 N–H and O–H groups in total. The van der Waals surface area contributed by atoms with Crippen LogP contribution in [0.5, 0.6) is 0 Å². The second-order valence-electron chi connectivity index (χ2n) is 7.99. The Balaban J connectivity index is 1.79. The SMILES string of the molecule is O=C1c2cc(I)ccc2NC(=NCCCO)[C@H](c2ccc(Cl)cc2)N1CCc1ccc(Cl)cc1. The molecule has 0 spiro atoms. The second-order valence-corrected chi connectivity index (χ2v) is 10.1. The quantitative estimate of drug-likeness (QED) is 0.247. The van der Waals surface area contributed by atoms with E-state index < -0.39 is 6.04 Å². The van der Waals surface area contributed by atoms with Crippen molar-refractivity contribution in [3.05, 3.63) is 97.0 Å². The van der Waals surface area contributed by atoms with Crippen molar-refractivity contribution in [3.63, 3.8) is 0 Å². The van der Waals surface area contributed by atoms with E-state index in [4.69, 9.17) is 28.2 Å². The molecule has 8 heteroatoms. The number of carbonyl (C=O) groups excluding carboxylic acids is 1. The van der Waals surface area contributed by atoms with E-state index in [0.29, 0.717) is 47.4 Å². The smallest absolute Gasteiger partial charge is 0.256 e. The zero-order valence-electron chi connectivity index (χ0n) is 18.3. The minimum Gasteiger partial charge on any atom is -0.396 e. The number of fused-ring (bicyclic) bond motifs is 1. The summed E-state index contributed by atoms with van der Waals surface area (Å²) >= 11 is 14.4. The molecule has 4 rings (SSSR count). The highest BCUT2D eigenvalue weighted by Crippen LogP contribution is 2.33. The van der Waals surface area contributed by atoms with Crippen LogP contribution in [0.25, 0.3) is 0 Å². The van der Waals surface area contributed by atoms with E-state index in [9.17, 15) is 9.90 Å². The Hall–Kier alpha value is -2.13. The van der Waals surface area contributed by atoms with Crippen LogP contribution in [0.1, 0.15) is 33.9 Å². The minimum atomic E-state index is -0.430. The van der Waals surface area contributed by atoms with Gasteiger partial charge in [-0.1, -0.05) is 47.5 Å². The number of rotatable bonds is 7. The molecule has 3 aromatic rings. The van der Waals surface area contributed by atoms with Gasteiger partial charge in [-0.25, -0.2) is 0 Å². The fourth-order valence-electron chi connectivity index (χ4n) is 3.94. The Bertz CT molecular complexity index is 1180. The van der Waals surface area contributed by atoms with Gasteiger partial charge >= 0.3 is 0 Å². The van der Waals surface area contributed by atoms with E-state index in [0.717, 1.165) is 20.4 Å². The number of carbonyl (C=O) groups is 1. The van der Waals surface area contributed by atoms with Gasteiger partial charge < -0.3 is 15.3 Å². The fraction of sp³-hybridized carbons (Fsp3) is 0.231. The number of halogens is 3. The average Bonchev–Trinajstić information content (AvgIpc) is 2.94. The molecule has 34 heavy (non-hydrogen) atoms. The molecule has 0 saturated heterocycles. The van der Waals surface area contributed by atoms with Crippen LogP contribution in [0.15, 0.2) is 71.7 Å². The largest absolute Gasteiger partial charge is 0.396 e. The first-order chi connectivity index (χ1) is 16.5. The van der Waals surface area contributed by atoms with Crippen molar-refractivity contribution in [2.24, 2.45) is 4.99 Å². The van der Waals surface area contributed by atoms with Gasteiger partial charge in [0.05, 0.1) is 11.3 Å². The van der Waals surface area contributed by atoms with Gasteiger partial charge in [0.25, 0.3) is 5.91 Å². The maximum Gasteiger partial charge on any atom is 0.256 e. The summed E-state index contributed by atoms with van der Waals surface area (Å²) in [5.41, 5.74) is 3.33. The third-order valence-electron chi connectivity index (χ3n) is 5.65. The number of aliphatic hydroxyl groups is 1. The summed E-state index contributed by atoms with van der Waals surface area (Å²) in [5, 5.41) is 14.0. The van der Waals surface area contributed by atoms with E-state index in [1.54, 1.807) is 0 Å². The highest BCUT2D eigenvalue weighted by atomic mass is 127. The second kappa shape index (κ2) is 11.5. The molecule has 3 aromatic carbocycles. The fourth-order valence-corrected chi connectivity index (χ4v) is 4.68. The van der Waals surface area contributed by atoms with Gasteiger partial charge in [-0.15, -0.1) is 0 Å². The molecule has 1 aliphatic heterocycles. The van der Waals surface area contributed by atoms with E-state index in [2.05, 4.69) is 27.9 Å². The van der Waals surface area contributed by atoms with Gasteiger partial charge in [0.1, 0.15) is 11.9 Å². The Morgan fingerprint density at radius 3 is 2.35 bits per heavy atom. The van der Waals surface area contributed by atoms with Gasteiger partial charge in [-0.2, -0.15) is 0 Å². The molecule has 5 nitrogen and oxygen atoms in total. The molecule has 0 radical (unpaired) electrons. The van der Waals surface area contributed by atoms with Gasteiger partial charge in [0.15, 0.2) is 0 Å². The van der Waals surface area contributed by atoms with Crippen LogP contribution in [-0.4, -0.2) is 41.4 Å². The van der Waals surface area contributed by atoms with Crippen molar-refractivity contribution in [3.8, 4) is 0 Å².